The van der Waals surface area contributed by atoms with Crippen molar-refractivity contribution in [1.82, 2.24) is 0 Å². The van der Waals surface area contributed by atoms with E-state index in [2.05, 4.69) is 84.4 Å². The number of carboxylic acid groups (broad SMARTS) is 1. The number of carbonyl (C=O) groups is 1. The van der Waals surface area contributed by atoms with Gasteiger partial charge in [0.2, 0.25) is 0 Å². The van der Waals surface area contributed by atoms with Crippen LogP contribution in [-0.2, 0) is 0 Å². The van der Waals surface area contributed by atoms with Crippen LogP contribution < -0.4 is 9.84 Å². The molecule has 3 nitrogen and oxygen atoms in total. The molecule has 0 aromatic heterocycles. The molecule has 1 aromatic carbocycles. The van der Waals surface area contributed by atoms with Crippen LogP contribution in [0.25, 0.3) is 0 Å². The minimum absolute atomic E-state index is 0.122. The van der Waals surface area contributed by atoms with Gasteiger partial charge in [-0.3, -0.25) is 0 Å². The van der Waals surface area contributed by atoms with E-state index in [0.717, 1.165) is 4.47 Å². The Labute approximate surface area is 127 Å². The third-order valence-corrected chi connectivity index (χ3v) is 7.38. The molecule has 0 amide bonds. The smallest absolute Gasteiger partial charge is 0.257 e. The summed E-state index contributed by atoms with van der Waals surface area (Å²) < 4.78 is 7.45. The molecule has 0 saturated carbocycles. The van der Waals surface area contributed by atoms with E-state index in [1.54, 1.807) is 0 Å². The lowest BCUT2D eigenvalue weighted by molar-refractivity contribution is -0.271. The zero-order valence-electron chi connectivity index (χ0n) is 6.61. The highest BCUT2D eigenvalue weighted by Crippen LogP contribution is 2.48. The maximum absolute atomic E-state index is 10.4. The molecule has 0 atom stereocenters. The molecule has 1 aromatic rings. The predicted octanol–water partition coefficient (Wildman–Crippen LogP) is 4.22. The van der Waals surface area contributed by atoms with Crippen LogP contribution in [0.5, 0.6) is 5.75 Å². The number of hydrogen-bond acceptors (Lipinski definition) is 3. The summed E-state index contributed by atoms with van der Waals surface area (Å²) in [4.78, 5) is 10.4. The Morgan fingerprint density at radius 3 is 1.53 bits per heavy atom. The summed E-state index contributed by atoms with van der Waals surface area (Å²) in [5.74, 6) is 0.122. The molecule has 0 fully saturated rings. The lowest BCUT2D eigenvalue weighted by Gasteiger charge is -2.16. The van der Waals surface area contributed by atoms with E-state index in [4.69, 9.17) is 0 Å². The van der Waals surface area contributed by atoms with Gasteiger partial charge in [0.05, 0.1) is 14.7 Å². The molecule has 0 aliphatic carbocycles. The molecule has 0 aliphatic rings. The van der Waals surface area contributed by atoms with Gasteiger partial charge in [0.15, 0.2) is 0 Å². The molecule has 0 heterocycles. The van der Waals surface area contributed by atoms with Crippen molar-refractivity contribution in [2.45, 2.75) is 0 Å². The first-order chi connectivity index (χ1) is 6.86. The fourth-order valence-corrected chi connectivity index (χ4v) is 3.93. The number of ether oxygens (including phenoxy) is 1. The van der Waals surface area contributed by atoms with Gasteiger partial charge < -0.3 is 14.6 Å². The summed E-state index contributed by atoms with van der Waals surface area (Å²) in [5.41, 5.74) is 0. The predicted molar refractivity (Wildman–Crippen MR) is 71.0 cm³/mol. The van der Waals surface area contributed by atoms with Crippen molar-refractivity contribution in [1.29, 1.82) is 0 Å². The molecule has 8 heteroatoms. The second-order valence-corrected chi connectivity index (χ2v) is 6.22. The second kappa shape index (κ2) is 5.48. The van der Waals surface area contributed by atoms with Gasteiger partial charge in [-0.1, -0.05) is 0 Å². The van der Waals surface area contributed by atoms with Crippen LogP contribution in [0.15, 0.2) is 22.4 Å². The van der Waals surface area contributed by atoms with Gasteiger partial charge >= 0.3 is 0 Å². The van der Waals surface area contributed by atoms with Crippen molar-refractivity contribution in [3.8, 4) is 5.75 Å². The highest BCUT2D eigenvalue weighted by molar-refractivity contribution is 9.15. The van der Waals surface area contributed by atoms with Gasteiger partial charge in [-0.05, 0) is 79.6 Å². The molecule has 0 aliphatic heterocycles. The SMILES string of the molecule is O=C([O-])Oc1c(Br)c(Br)c(Br)c(Br)c1Br. The van der Waals surface area contributed by atoms with Crippen LogP contribution in [0.4, 0.5) is 4.79 Å². The van der Waals surface area contributed by atoms with Crippen molar-refractivity contribution in [2.75, 3.05) is 0 Å². The number of halogens is 5. The zero-order chi connectivity index (χ0) is 11.7. The van der Waals surface area contributed by atoms with Crippen LogP contribution in [0, 0.1) is 0 Å². The number of hydrogen-bond donors (Lipinski definition) is 0. The first-order valence-corrected chi connectivity index (χ1v) is 7.23. The Kier molecular flexibility index (Phi) is 5.10. The van der Waals surface area contributed by atoms with E-state index in [1.807, 2.05) is 0 Å². The van der Waals surface area contributed by atoms with E-state index in [0.29, 0.717) is 17.9 Å². The topological polar surface area (TPSA) is 49.4 Å². The number of rotatable bonds is 1. The van der Waals surface area contributed by atoms with E-state index in [1.165, 1.54) is 0 Å². The zero-order valence-corrected chi connectivity index (χ0v) is 14.5. The van der Waals surface area contributed by atoms with Gasteiger partial charge in [-0.15, -0.1) is 0 Å². The number of carbonyl (C=O) groups excluding carboxylic acids is 1. The fraction of sp³-hybridized carbons (Fsp3) is 0. The Balaban J connectivity index is 3.45. The molecule has 0 radical (unpaired) electrons. The maximum Gasteiger partial charge on any atom is 0.257 e. The molecule has 0 bridgehead atoms. The Bertz CT molecular complexity index is 402. The first-order valence-electron chi connectivity index (χ1n) is 3.26. The monoisotopic (exact) mass is 527 g/mol. The average Bonchev–Trinajstić information content (AvgIpc) is 2.18. The second-order valence-electron chi connectivity index (χ2n) is 2.25. The van der Waals surface area contributed by atoms with Crippen LogP contribution in [-0.4, -0.2) is 6.16 Å². The van der Waals surface area contributed by atoms with Crippen LogP contribution in [0.3, 0.4) is 0 Å². The molecule has 1 rings (SSSR count). The largest absolute Gasteiger partial charge is 0.512 e. The third kappa shape index (κ3) is 2.96. The Morgan fingerprint density at radius 1 is 0.867 bits per heavy atom. The van der Waals surface area contributed by atoms with E-state index in [9.17, 15) is 9.90 Å². The maximum atomic E-state index is 10.4. The molecule has 0 N–H and O–H groups in total. The van der Waals surface area contributed by atoms with Gasteiger partial charge in [-0.25, -0.2) is 0 Å². The molecule has 82 valence electrons. The van der Waals surface area contributed by atoms with Crippen LogP contribution in [0.2, 0.25) is 0 Å². The molecule has 0 saturated heterocycles. The molecule has 0 unspecified atom stereocenters. The molecule has 0 spiro atoms. The molecule has 15 heavy (non-hydrogen) atoms. The van der Waals surface area contributed by atoms with Crippen LogP contribution >= 0.6 is 79.6 Å². The quantitative estimate of drug-likeness (QED) is 0.236. The Hall–Kier alpha value is 0.890. The minimum Gasteiger partial charge on any atom is -0.512 e. The number of benzene rings is 1. The van der Waals surface area contributed by atoms with Gasteiger partial charge in [0.1, 0.15) is 0 Å². The summed E-state index contributed by atoms with van der Waals surface area (Å²) in [6.07, 6.45) is -1.63. The van der Waals surface area contributed by atoms with E-state index >= 15 is 0 Å². The Morgan fingerprint density at radius 2 is 1.20 bits per heavy atom. The van der Waals surface area contributed by atoms with E-state index < -0.39 is 6.16 Å². The lowest BCUT2D eigenvalue weighted by Crippen LogP contribution is -2.26. The minimum atomic E-state index is -1.63. The highest BCUT2D eigenvalue weighted by atomic mass is 79.9. The molecular weight excluding hydrogens is 532 g/mol. The summed E-state index contributed by atoms with van der Waals surface area (Å²) in [7, 11) is 0. The average molecular weight is 532 g/mol. The highest BCUT2D eigenvalue weighted by Gasteiger charge is 2.17. The van der Waals surface area contributed by atoms with Crippen LogP contribution in [0.1, 0.15) is 0 Å². The van der Waals surface area contributed by atoms with Crippen molar-refractivity contribution < 1.29 is 14.6 Å². The van der Waals surface area contributed by atoms with Gasteiger partial charge in [0.25, 0.3) is 6.16 Å². The van der Waals surface area contributed by atoms with Crippen molar-refractivity contribution in [2.24, 2.45) is 0 Å². The summed E-state index contributed by atoms with van der Waals surface area (Å²) >= 11 is 16.2. The van der Waals surface area contributed by atoms with Gasteiger partial charge in [-0.2, -0.15) is 0 Å². The third-order valence-electron chi connectivity index (χ3n) is 1.35. The lowest BCUT2D eigenvalue weighted by atomic mass is 10.3. The standard InChI is InChI=1S/C7HBr5O3/c8-1-2(9)4(11)6(15-7(13)14)5(12)3(1)10/h(H,13,14)/p-1. The van der Waals surface area contributed by atoms with Gasteiger partial charge in [0, 0.05) is 13.4 Å². The summed E-state index contributed by atoms with van der Waals surface area (Å²) in [6.45, 7) is 0. The van der Waals surface area contributed by atoms with Crippen molar-refractivity contribution in [3.63, 3.8) is 0 Å². The first kappa shape index (κ1) is 14.0. The fourth-order valence-electron chi connectivity index (χ4n) is 0.758. The van der Waals surface area contributed by atoms with Crippen molar-refractivity contribution >= 4 is 85.8 Å². The normalized spacial score (nSPS) is 10.2. The van der Waals surface area contributed by atoms with E-state index in [-0.39, 0.29) is 5.75 Å². The summed E-state index contributed by atoms with van der Waals surface area (Å²) in [5, 5.41) is 10.4. The van der Waals surface area contributed by atoms with Crippen molar-refractivity contribution in [3.05, 3.63) is 22.4 Å². The summed E-state index contributed by atoms with van der Waals surface area (Å²) in [6, 6.07) is 0. The molecular formula is C7Br5O3-.